The summed E-state index contributed by atoms with van der Waals surface area (Å²) in [6.45, 7) is 0.948. The highest BCUT2D eigenvalue weighted by Crippen LogP contribution is 2.35. The minimum absolute atomic E-state index is 0.107. The van der Waals surface area contributed by atoms with Crippen LogP contribution in [0.15, 0.2) is 84.9 Å². The monoisotopic (exact) mass is 343 g/mol. The second kappa shape index (κ2) is 7.44. The van der Waals surface area contributed by atoms with Gasteiger partial charge >= 0.3 is 6.09 Å². The molecule has 4 rings (SSSR count). The van der Waals surface area contributed by atoms with Crippen LogP contribution in [0.5, 0.6) is 0 Å². The van der Waals surface area contributed by atoms with E-state index in [0.29, 0.717) is 13.2 Å². The molecule has 0 saturated carbocycles. The van der Waals surface area contributed by atoms with Crippen LogP contribution in [0.4, 0.5) is 4.79 Å². The van der Waals surface area contributed by atoms with Crippen LogP contribution in [0.1, 0.15) is 28.3 Å². The van der Waals surface area contributed by atoms with Gasteiger partial charge in [0.1, 0.15) is 6.61 Å². The van der Waals surface area contributed by atoms with Crippen molar-refractivity contribution >= 4 is 6.09 Å². The van der Waals surface area contributed by atoms with Crippen LogP contribution in [-0.2, 0) is 17.8 Å². The number of amides is 1. The maximum Gasteiger partial charge on any atom is 0.410 e. The Bertz CT molecular complexity index is 877. The minimum atomic E-state index is -0.266. The Hall–Kier alpha value is -3.07. The molecule has 1 aliphatic heterocycles. The Kier molecular flexibility index (Phi) is 4.69. The van der Waals surface area contributed by atoms with Crippen LogP contribution >= 0.6 is 0 Å². The van der Waals surface area contributed by atoms with Crippen LogP contribution in [0.3, 0.4) is 0 Å². The Morgan fingerprint density at radius 1 is 0.885 bits per heavy atom. The topological polar surface area (TPSA) is 29.5 Å². The summed E-state index contributed by atoms with van der Waals surface area (Å²) < 4.78 is 5.62. The fraction of sp³-hybridized carbons (Fsp3) is 0.174. The number of carbonyl (C=O) groups is 1. The van der Waals surface area contributed by atoms with Crippen molar-refractivity contribution in [3.8, 4) is 0 Å². The highest BCUT2D eigenvalue weighted by molar-refractivity contribution is 5.70. The summed E-state index contributed by atoms with van der Waals surface area (Å²) in [5.74, 6) is 0. The Labute approximate surface area is 153 Å². The summed E-state index contributed by atoms with van der Waals surface area (Å²) in [7, 11) is 0. The molecule has 0 aliphatic carbocycles. The molecule has 1 aliphatic rings. The number of fused-ring (bicyclic) bond motifs is 1. The third kappa shape index (κ3) is 3.33. The first-order chi connectivity index (χ1) is 12.8. The molecule has 0 fully saturated rings. The van der Waals surface area contributed by atoms with Gasteiger partial charge in [-0.25, -0.2) is 4.79 Å². The second-order valence-corrected chi connectivity index (χ2v) is 6.50. The summed E-state index contributed by atoms with van der Waals surface area (Å²) in [6, 6.07) is 28.2. The molecule has 3 nitrogen and oxygen atoms in total. The van der Waals surface area contributed by atoms with E-state index in [2.05, 4.69) is 30.3 Å². The molecule has 1 amide bonds. The summed E-state index contributed by atoms with van der Waals surface area (Å²) in [5.41, 5.74) is 4.58. The predicted molar refractivity (Wildman–Crippen MR) is 102 cm³/mol. The van der Waals surface area contributed by atoms with Crippen molar-refractivity contribution in [3.05, 3.63) is 107 Å². The van der Waals surface area contributed by atoms with Crippen LogP contribution in [0.2, 0.25) is 0 Å². The number of rotatable bonds is 3. The van der Waals surface area contributed by atoms with Crippen molar-refractivity contribution in [2.75, 3.05) is 6.54 Å². The van der Waals surface area contributed by atoms with Gasteiger partial charge in [-0.3, -0.25) is 4.90 Å². The Morgan fingerprint density at radius 3 is 2.31 bits per heavy atom. The SMILES string of the molecule is O=C(OCc1ccccc1)N1CCc2ccccc2[C@@H]1c1ccccc1. The highest BCUT2D eigenvalue weighted by Gasteiger charge is 2.32. The maximum absolute atomic E-state index is 12.9. The van der Waals surface area contributed by atoms with E-state index in [1.54, 1.807) is 0 Å². The van der Waals surface area contributed by atoms with Gasteiger partial charge in [0, 0.05) is 6.54 Å². The van der Waals surface area contributed by atoms with E-state index in [-0.39, 0.29) is 12.1 Å². The summed E-state index contributed by atoms with van der Waals surface area (Å²) >= 11 is 0. The van der Waals surface area contributed by atoms with E-state index in [4.69, 9.17) is 4.74 Å². The molecule has 0 aromatic heterocycles. The van der Waals surface area contributed by atoms with Gasteiger partial charge in [0.05, 0.1) is 6.04 Å². The van der Waals surface area contributed by atoms with Gasteiger partial charge in [-0.05, 0) is 28.7 Å². The van der Waals surface area contributed by atoms with Gasteiger partial charge in [0.15, 0.2) is 0 Å². The molecule has 1 atom stereocenters. The highest BCUT2D eigenvalue weighted by atomic mass is 16.6. The fourth-order valence-corrected chi connectivity index (χ4v) is 3.56. The smallest absolute Gasteiger partial charge is 0.410 e. The second-order valence-electron chi connectivity index (χ2n) is 6.50. The zero-order chi connectivity index (χ0) is 17.8. The first-order valence-electron chi connectivity index (χ1n) is 8.93. The van der Waals surface area contributed by atoms with Gasteiger partial charge in [0.2, 0.25) is 0 Å². The molecule has 3 aromatic carbocycles. The summed E-state index contributed by atoms with van der Waals surface area (Å²) in [4.78, 5) is 14.7. The number of nitrogens with zero attached hydrogens (tertiary/aromatic N) is 1. The molecule has 3 aromatic rings. The zero-order valence-electron chi connectivity index (χ0n) is 14.5. The van der Waals surface area contributed by atoms with Crippen LogP contribution < -0.4 is 0 Å². The quantitative estimate of drug-likeness (QED) is 0.672. The van der Waals surface area contributed by atoms with Crippen LogP contribution in [-0.4, -0.2) is 17.5 Å². The lowest BCUT2D eigenvalue weighted by Crippen LogP contribution is -2.40. The fourth-order valence-electron chi connectivity index (χ4n) is 3.56. The average molecular weight is 343 g/mol. The largest absolute Gasteiger partial charge is 0.445 e. The number of benzene rings is 3. The predicted octanol–water partition coefficient (Wildman–Crippen LogP) is 4.97. The lowest BCUT2D eigenvalue weighted by molar-refractivity contribution is 0.0837. The van der Waals surface area contributed by atoms with Crippen molar-refractivity contribution in [1.29, 1.82) is 0 Å². The summed E-state index contributed by atoms with van der Waals surface area (Å²) in [6.07, 6.45) is 0.581. The first kappa shape index (κ1) is 16.4. The molecule has 0 unspecified atom stereocenters. The normalized spacial score (nSPS) is 16.0. The van der Waals surface area contributed by atoms with E-state index < -0.39 is 0 Å². The molecule has 3 heteroatoms. The van der Waals surface area contributed by atoms with Gasteiger partial charge < -0.3 is 4.74 Å². The lowest BCUT2D eigenvalue weighted by Gasteiger charge is -2.37. The Morgan fingerprint density at radius 2 is 1.54 bits per heavy atom. The zero-order valence-corrected chi connectivity index (χ0v) is 14.5. The number of ether oxygens (including phenoxy) is 1. The van der Waals surface area contributed by atoms with Gasteiger partial charge in [-0.15, -0.1) is 0 Å². The van der Waals surface area contributed by atoms with Crippen LogP contribution in [0.25, 0.3) is 0 Å². The van der Waals surface area contributed by atoms with E-state index in [1.807, 2.05) is 59.5 Å². The average Bonchev–Trinajstić information content (AvgIpc) is 2.72. The maximum atomic E-state index is 12.9. The number of hydrogen-bond acceptors (Lipinski definition) is 2. The molecule has 0 saturated heterocycles. The van der Waals surface area contributed by atoms with Gasteiger partial charge in [-0.1, -0.05) is 84.9 Å². The molecule has 0 radical (unpaired) electrons. The van der Waals surface area contributed by atoms with Gasteiger partial charge in [0.25, 0.3) is 0 Å². The van der Waals surface area contributed by atoms with E-state index in [0.717, 1.165) is 17.5 Å². The number of hydrogen-bond donors (Lipinski definition) is 0. The van der Waals surface area contributed by atoms with E-state index in [9.17, 15) is 4.79 Å². The Balaban J connectivity index is 1.61. The molecule has 1 heterocycles. The van der Waals surface area contributed by atoms with Crippen molar-refractivity contribution in [2.45, 2.75) is 19.1 Å². The molecule has 0 spiro atoms. The summed E-state index contributed by atoms with van der Waals surface area (Å²) in [5, 5.41) is 0. The van der Waals surface area contributed by atoms with Crippen molar-refractivity contribution in [3.63, 3.8) is 0 Å². The molecule has 26 heavy (non-hydrogen) atoms. The molecule has 130 valence electrons. The molecular formula is C23H21NO2. The number of carbonyl (C=O) groups excluding carboxylic acids is 1. The third-order valence-electron chi connectivity index (χ3n) is 4.84. The lowest BCUT2D eigenvalue weighted by atomic mass is 9.88. The van der Waals surface area contributed by atoms with Crippen LogP contribution in [0, 0.1) is 0 Å². The molecule has 0 N–H and O–H groups in total. The molecular weight excluding hydrogens is 322 g/mol. The van der Waals surface area contributed by atoms with Crippen molar-refractivity contribution in [2.24, 2.45) is 0 Å². The minimum Gasteiger partial charge on any atom is -0.445 e. The molecule has 0 bridgehead atoms. The standard InChI is InChI=1S/C23H21NO2/c25-23(26-17-18-9-3-1-4-10-18)24-16-15-19-11-7-8-14-21(19)22(24)20-12-5-2-6-13-20/h1-14,22H,15-17H2/t22-/m0/s1. The van der Waals surface area contributed by atoms with Crippen molar-refractivity contribution in [1.82, 2.24) is 4.90 Å². The van der Waals surface area contributed by atoms with Crippen molar-refractivity contribution < 1.29 is 9.53 Å². The third-order valence-corrected chi connectivity index (χ3v) is 4.84. The first-order valence-corrected chi connectivity index (χ1v) is 8.93. The van der Waals surface area contributed by atoms with E-state index >= 15 is 0 Å². The van der Waals surface area contributed by atoms with Gasteiger partial charge in [-0.2, -0.15) is 0 Å². The van der Waals surface area contributed by atoms with E-state index in [1.165, 1.54) is 11.1 Å².